The molecule has 1 aromatic carbocycles. The van der Waals surface area contributed by atoms with Crippen molar-refractivity contribution < 1.29 is 13.2 Å². The lowest BCUT2D eigenvalue weighted by atomic mass is 9.95. The minimum atomic E-state index is -3.84. The van der Waals surface area contributed by atoms with E-state index in [0.29, 0.717) is 10.7 Å². The Hall–Kier alpha value is -1.57. The van der Waals surface area contributed by atoms with Crippen molar-refractivity contribution in [3.05, 3.63) is 45.6 Å². The van der Waals surface area contributed by atoms with Gasteiger partial charge in [0.1, 0.15) is 9.77 Å². The molecule has 8 heteroatoms. The zero-order valence-electron chi connectivity index (χ0n) is 14.4. The van der Waals surface area contributed by atoms with Gasteiger partial charge in [0, 0.05) is 18.1 Å². The third kappa shape index (κ3) is 4.05. The van der Waals surface area contributed by atoms with Crippen LogP contribution in [0.4, 0.5) is 5.69 Å². The standard InChI is InChI=1S/C18H21ClN2O3S2/c1-21(15-9-7-13(19)8-10-15)26(23,24)16-11-12-25-17(16)18(22)20-14-5-3-2-4-6-14/h7-12,14H,2-6H2,1H3,(H,20,22). The van der Waals surface area contributed by atoms with Gasteiger partial charge in [0.15, 0.2) is 0 Å². The van der Waals surface area contributed by atoms with Gasteiger partial charge in [0.25, 0.3) is 15.9 Å². The second kappa shape index (κ2) is 7.98. The first kappa shape index (κ1) is 19.2. The molecule has 3 rings (SSSR count). The predicted octanol–water partition coefficient (Wildman–Crippen LogP) is 4.29. The van der Waals surface area contributed by atoms with Crippen LogP contribution in [0.15, 0.2) is 40.6 Å². The Bertz CT molecular complexity index is 872. The van der Waals surface area contributed by atoms with Crippen molar-refractivity contribution in [2.45, 2.75) is 43.0 Å². The molecule has 0 radical (unpaired) electrons. The molecule has 2 aromatic rings. The first-order chi connectivity index (χ1) is 12.4. The molecule has 5 nitrogen and oxygen atoms in total. The minimum absolute atomic E-state index is 0.0354. The molecule has 0 atom stereocenters. The van der Waals surface area contributed by atoms with Crippen molar-refractivity contribution in [1.82, 2.24) is 5.32 Å². The van der Waals surface area contributed by atoms with Crippen LogP contribution < -0.4 is 9.62 Å². The van der Waals surface area contributed by atoms with Crippen LogP contribution in [0.1, 0.15) is 41.8 Å². The maximum atomic E-state index is 13.0. The molecule has 0 saturated heterocycles. The Morgan fingerprint density at radius 1 is 1.15 bits per heavy atom. The van der Waals surface area contributed by atoms with Gasteiger partial charge in [-0.1, -0.05) is 30.9 Å². The van der Waals surface area contributed by atoms with E-state index in [1.54, 1.807) is 29.6 Å². The number of amides is 1. The van der Waals surface area contributed by atoms with Crippen LogP contribution in [0.2, 0.25) is 5.02 Å². The van der Waals surface area contributed by atoms with Gasteiger partial charge in [-0.2, -0.15) is 0 Å². The van der Waals surface area contributed by atoms with E-state index in [9.17, 15) is 13.2 Å². The monoisotopic (exact) mass is 412 g/mol. The first-order valence-electron chi connectivity index (χ1n) is 8.52. The lowest BCUT2D eigenvalue weighted by Crippen LogP contribution is -2.37. The van der Waals surface area contributed by atoms with Gasteiger partial charge in [0.05, 0.1) is 5.69 Å². The molecule has 140 valence electrons. The number of rotatable bonds is 5. The Balaban J connectivity index is 1.83. The normalized spacial score (nSPS) is 15.6. The summed E-state index contributed by atoms with van der Waals surface area (Å²) in [5, 5.41) is 5.16. The van der Waals surface area contributed by atoms with Crippen LogP contribution in [0.3, 0.4) is 0 Å². The van der Waals surface area contributed by atoms with E-state index in [0.717, 1.165) is 37.0 Å². The summed E-state index contributed by atoms with van der Waals surface area (Å²) in [6, 6.07) is 8.15. The number of nitrogens with one attached hydrogen (secondary N) is 1. The molecule has 0 unspecified atom stereocenters. The van der Waals surface area contributed by atoms with Crippen LogP contribution in [-0.2, 0) is 10.0 Å². The fraction of sp³-hybridized carbons (Fsp3) is 0.389. The number of thiophene rings is 1. The maximum Gasteiger partial charge on any atom is 0.265 e. The van der Waals surface area contributed by atoms with Gasteiger partial charge >= 0.3 is 0 Å². The third-order valence-corrected chi connectivity index (χ3v) is 7.73. The second-order valence-corrected chi connectivity index (χ2v) is 9.66. The highest BCUT2D eigenvalue weighted by Crippen LogP contribution is 2.29. The van der Waals surface area contributed by atoms with Crippen molar-refractivity contribution in [2.75, 3.05) is 11.4 Å². The molecule has 0 bridgehead atoms. The summed E-state index contributed by atoms with van der Waals surface area (Å²) in [4.78, 5) is 12.9. The molecular weight excluding hydrogens is 392 g/mol. The lowest BCUT2D eigenvalue weighted by molar-refractivity contribution is 0.0929. The van der Waals surface area contributed by atoms with E-state index in [2.05, 4.69) is 5.32 Å². The Labute approximate surface area is 163 Å². The molecule has 1 amide bonds. The summed E-state index contributed by atoms with van der Waals surface area (Å²) in [6.07, 6.45) is 5.28. The smallest absolute Gasteiger partial charge is 0.265 e. The van der Waals surface area contributed by atoms with Crippen molar-refractivity contribution in [3.63, 3.8) is 0 Å². The fourth-order valence-electron chi connectivity index (χ4n) is 3.10. The SMILES string of the molecule is CN(c1ccc(Cl)cc1)S(=O)(=O)c1ccsc1C(=O)NC1CCCCC1. The highest BCUT2D eigenvalue weighted by molar-refractivity contribution is 7.93. The fourth-order valence-corrected chi connectivity index (χ4v) is 5.73. The summed E-state index contributed by atoms with van der Waals surface area (Å²) < 4.78 is 27.2. The molecule has 1 saturated carbocycles. The number of sulfonamides is 1. The second-order valence-electron chi connectivity index (χ2n) is 6.37. The van der Waals surface area contributed by atoms with Crippen molar-refractivity contribution in [2.24, 2.45) is 0 Å². The van der Waals surface area contributed by atoms with Gasteiger partial charge in [-0.15, -0.1) is 11.3 Å². The summed E-state index contributed by atoms with van der Waals surface area (Å²) >= 11 is 7.02. The summed E-state index contributed by atoms with van der Waals surface area (Å²) in [7, 11) is -2.37. The Kier molecular flexibility index (Phi) is 5.89. The van der Waals surface area contributed by atoms with Gasteiger partial charge in [0.2, 0.25) is 0 Å². The number of benzene rings is 1. The number of carbonyl (C=O) groups excluding carboxylic acids is 1. The van der Waals surface area contributed by atoms with Crippen LogP contribution in [0, 0.1) is 0 Å². The highest BCUT2D eigenvalue weighted by Gasteiger charge is 2.29. The Morgan fingerprint density at radius 3 is 2.46 bits per heavy atom. The first-order valence-corrected chi connectivity index (χ1v) is 11.2. The molecule has 0 aliphatic heterocycles. The zero-order chi connectivity index (χ0) is 18.7. The molecule has 1 fully saturated rings. The molecule has 0 spiro atoms. The van der Waals surface area contributed by atoms with E-state index in [-0.39, 0.29) is 21.7 Å². The average molecular weight is 413 g/mol. The van der Waals surface area contributed by atoms with E-state index in [4.69, 9.17) is 11.6 Å². The van der Waals surface area contributed by atoms with E-state index >= 15 is 0 Å². The highest BCUT2D eigenvalue weighted by atomic mass is 35.5. The van der Waals surface area contributed by atoms with Gasteiger partial charge < -0.3 is 5.32 Å². The van der Waals surface area contributed by atoms with Crippen LogP contribution in [0.5, 0.6) is 0 Å². The average Bonchev–Trinajstić information content (AvgIpc) is 3.13. The molecule has 1 aliphatic carbocycles. The zero-order valence-corrected chi connectivity index (χ0v) is 16.8. The molecule has 1 N–H and O–H groups in total. The molecule has 26 heavy (non-hydrogen) atoms. The lowest BCUT2D eigenvalue weighted by Gasteiger charge is -2.23. The maximum absolute atomic E-state index is 13.0. The Morgan fingerprint density at radius 2 is 1.81 bits per heavy atom. The number of halogens is 1. The van der Waals surface area contributed by atoms with E-state index < -0.39 is 10.0 Å². The molecule has 1 heterocycles. The van der Waals surface area contributed by atoms with Gasteiger partial charge in [-0.3, -0.25) is 9.10 Å². The quantitative estimate of drug-likeness (QED) is 0.796. The predicted molar refractivity (Wildman–Crippen MR) is 106 cm³/mol. The van der Waals surface area contributed by atoms with Crippen molar-refractivity contribution >= 4 is 44.6 Å². The largest absolute Gasteiger partial charge is 0.349 e. The van der Waals surface area contributed by atoms with Crippen molar-refractivity contribution in [1.29, 1.82) is 0 Å². The minimum Gasteiger partial charge on any atom is -0.349 e. The summed E-state index contributed by atoms with van der Waals surface area (Å²) in [6.45, 7) is 0. The summed E-state index contributed by atoms with van der Waals surface area (Å²) in [5.74, 6) is -0.310. The number of hydrogen-bond donors (Lipinski definition) is 1. The van der Waals surface area contributed by atoms with E-state index in [1.807, 2.05) is 0 Å². The molecule has 1 aromatic heterocycles. The third-order valence-electron chi connectivity index (χ3n) is 4.60. The molecular formula is C18H21ClN2O3S2. The molecule has 1 aliphatic rings. The van der Waals surface area contributed by atoms with Crippen molar-refractivity contribution in [3.8, 4) is 0 Å². The van der Waals surface area contributed by atoms with E-state index in [1.165, 1.54) is 23.8 Å². The van der Waals surface area contributed by atoms with Crippen LogP contribution >= 0.6 is 22.9 Å². The number of anilines is 1. The van der Waals surface area contributed by atoms with Gasteiger partial charge in [-0.25, -0.2) is 8.42 Å². The van der Waals surface area contributed by atoms with Crippen LogP contribution in [0.25, 0.3) is 0 Å². The number of carbonyl (C=O) groups is 1. The summed E-state index contributed by atoms with van der Waals surface area (Å²) in [5.41, 5.74) is 0.485. The topological polar surface area (TPSA) is 66.5 Å². The number of nitrogens with zero attached hydrogens (tertiary/aromatic N) is 1. The number of hydrogen-bond acceptors (Lipinski definition) is 4. The van der Waals surface area contributed by atoms with Crippen LogP contribution in [-0.4, -0.2) is 27.4 Å². The van der Waals surface area contributed by atoms with Gasteiger partial charge in [-0.05, 0) is 48.6 Å².